The molecule has 1 unspecified atom stereocenters. The zero-order valence-corrected chi connectivity index (χ0v) is 12.2. The summed E-state index contributed by atoms with van der Waals surface area (Å²) in [6, 6.07) is 11.8. The highest BCUT2D eigenvalue weighted by atomic mass is 79.9. The summed E-state index contributed by atoms with van der Waals surface area (Å²) in [4.78, 5) is 0. The van der Waals surface area contributed by atoms with E-state index in [2.05, 4.69) is 21.2 Å². The van der Waals surface area contributed by atoms with E-state index in [0.717, 1.165) is 10.0 Å². The quantitative estimate of drug-likeness (QED) is 0.862. The Hall–Kier alpha value is -1.10. The highest BCUT2D eigenvalue weighted by Crippen LogP contribution is 2.26. The van der Waals surface area contributed by atoms with Gasteiger partial charge in [0.25, 0.3) is 0 Å². The summed E-state index contributed by atoms with van der Waals surface area (Å²) in [7, 11) is 0. The van der Waals surface area contributed by atoms with E-state index in [1.807, 2.05) is 18.2 Å². The van der Waals surface area contributed by atoms with Gasteiger partial charge in [0, 0.05) is 11.0 Å². The Balaban J connectivity index is 2.06. The van der Waals surface area contributed by atoms with Gasteiger partial charge in [0.15, 0.2) is 0 Å². The van der Waals surface area contributed by atoms with Crippen LogP contribution in [0.15, 0.2) is 46.9 Å². The molecule has 0 amide bonds. The molecule has 0 aliphatic rings. The Labute approximate surface area is 124 Å². The summed E-state index contributed by atoms with van der Waals surface area (Å²) < 4.78 is 14.4. The molecule has 0 aliphatic heterocycles. The Bertz CT molecular complexity index is 559. The fourth-order valence-electron chi connectivity index (χ4n) is 1.70. The van der Waals surface area contributed by atoms with Crippen molar-refractivity contribution >= 4 is 33.2 Å². The van der Waals surface area contributed by atoms with Crippen molar-refractivity contribution in [2.45, 2.75) is 6.10 Å². The molecule has 2 rings (SSSR count). The minimum absolute atomic E-state index is 0.178. The predicted octanol–water partition coefficient (Wildman–Crippen LogP) is 4.39. The number of hydrogen-bond donors (Lipinski definition) is 2. The molecule has 0 bridgehead atoms. The number of rotatable bonds is 4. The smallest absolute Gasteiger partial charge is 0.147 e. The van der Waals surface area contributed by atoms with E-state index in [-0.39, 0.29) is 12.2 Å². The number of halogens is 3. The van der Waals surface area contributed by atoms with Gasteiger partial charge in [-0.2, -0.15) is 0 Å². The highest BCUT2D eigenvalue weighted by molar-refractivity contribution is 9.10. The van der Waals surface area contributed by atoms with E-state index in [1.165, 1.54) is 12.1 Å². The van der Waals surface area contributed by atoms with Crippen molar-refractivity contribution in [3.05, 3.63) is 63.3 Å². The second kappa shape index (κ2) is 6.37. The van der Waals surface area contributed by atoms with Gasteiger partial charge in [-0.25, -0.2) is 4.39 Å². The average molecular weight is 345 g/mol. The van der Waals surface area contributed by atoms with Gasteiger partial charge in [-0.1, -0.05) is 45.7 Å². The van der Waals surface area contributed by atoms with Crippen LogP contribution in [-0.4, -0.2) is 11.7 Å². The zero-order valence-electron chi connectivity index (χ0n) is 9.91. The normalized spacial score (nSPS) is 12.2. The number of benzene rings is 2. The molecule has 0 radical (unpaired) electrons. The Morgan fingerprint density at radius 1 is 1.26 bits per heavy atom. The van der Waals surface area contributed by atoms with Crippen LogP contribution in [0.25, 0.3) is 0 Å². The summed E-state index contributed by atoms with van der Waals surface area (Å²) in [6.45, 7) is 0.178. The van der Waals surface area contributed by atoms with Crippen LogP contribution in [0.5, 0.6) is 0 Å². The van der Waals surface area contributed by atoms with Gasteiger partial charge < -0.3 is 10.4 Å². The first kappa shape index (κ1) is 14.3. The molecule has 2 aromatic carbocycles. The molecule has 0 heterocycles. The third kappa shape index (κ3) is 3.69. The lowest BCUT2D eigenvalue weighted by molar-refractivity contribution is 0.191. The van der Waals surface area contributed by atoms with Crippen LogP contribution < -0.4 is 5.32 Å². The number of aliphatic hydroxyl groups is 1. The molecule has 0 aromatic heterocycles. The summed E-state index contributed by atoms with van der Waals surface area (Å²) in [5.74, 6) is -0.436. The Morgan fingerprint density at radius 2 is 2.00 bits per heavy atom. The van der Waals surface area contributed by atoms with Crippen molar-refractivity contribution in [1.29, 1.82) is 0 Å². The monoisotopic (exact) mass is 343 g/mol. The molecule has 0 fully saturated rings. The SMILES string of the molecule is OC(CNc1c(F)cccc1Cl)c1cccc(Br)c1. The summed E-state index contributed by atoms with van der Waals surface area (Å²) >= 11 is 9.23. The molecule has 2 nitrogen and oxygen atoms in total. The standard InChI is InChI=1S/C14H12BrClFNO/c15-10-4-1-3-9(7-10)13(19)8-18-14-11(16)5-2-6-12(14)17/h1-7,13,18-19H,8H2. The molecular formula is C14H12BrClFNO. The molecule has 0 aliphatic carbocycles. The number of anilines is 1. The molecule has 1 atom stereocenters. The van der Waals surface area contributed by atoms with Crippen LogP contribution in [-0.2, 0) is 0 Å². The lowest BCUT2D eigenvalue weighted by atomic mass is 10.1. The Morgan fingerprint density at radius 3 is 2.68 bits per heavy atom. The van der Waals surface area contributed by atoms with Gasteiger partial charge in [0.1, 0.15) is 5.82 Å². The summed E-state index contributed by atoms with van der Waals surface area (Å²) in [6.07, 6.45) is -0.742. The minimum atomic E-state index is -0.742. The summed E-state index contributed by atoms with van der Waals surface area (Å²) in [5.41, 5.74) is 0.951. The first-order chi connectivity index (χ1) is 9.08. The van der Waals surface area contributed by atoms with Crippen molar-refractivity contribution in [3.63, 3.8) is 0 Å². The highest BCUT2D eigenvalue weighted by Gasteiger charge is 2.11. The van der Waals surface area contributed by atoms with Crippen molar-refractivity contribution in [3.8, 4) is 0 Å². The molecule has 2 N–H and O–H groups in total. The van der Waals surface area contributed by atoms with Crippen LogP contribution in [0.1, 0.15) is 11.7 Å². The second-order valence-electron chi connectivity index (χ2n) is 4.05. The second-order valence-corrected chi connectivity index (χ2v) is 5.37. The van der Waals surface area contributed by atoms with Gasteiger partial charge in [-0.3, -0.25) is 0 Å². The third-order valence-corrected chi connectivity index (χ3v) is 3.48. The number of hydrogen-bond acceptors (Lipinski definition) is 2. The van der Waals surface area contributed by atoms with E-state index >= 15 is 0 Å². The minimum Gasteiger partial charge on any atom is -0.387 e. The van der Waals surface area contributed by atoms with E-state index < -0.39 is 11.9 Å². The fraction of sp³-hybridized carbons (Fsp3) is 0.143. The van der Waals surface area contributed by atoms with Crippen molar-refractivity contribution in [2.24, 2.45) is 0 Å². The topological polar surface area (TPSA) is 32.3 Å². The zero-order chi connectivity index (χ0) is 13.8. The van der Waals surface area contributed by atoms with Crippen molar-refractivity contribution < 1.29 is 9.50 Å². The van der Waals surface area contributed by atoms with Gasteiger partial charge in [-0.05, 0) is 29.8 Å². The Kier molecular flexibility index (Phi) is 4.80. The third-order valence-electron chi connectivity index (χ3n) is 2.67. The molecule has 19 heavy (non-hydrogen) atoms. The molecular weight excluding hydrogens is 333 g/mol. The largest absolute Gasteiger partial charge is 0.387 e. The van der Waals surface area contributed by atoms with Crippen LogP contribution in [0.4, 0.5) is 10.1 Å². The van der Waals surface area contributed by atoms with Crippen LogP contribution in [0.2, 0.25) is 5.02 Å². The molecule has 0 spiro atoms. The molecule has 0 saturated carbocycles. The van der Waals surface area contributed by atoms with Gasteiger partial charge >= 0.3 is 0 Å². The lowest BCUT2D eigenvalue weighted by Gasteiger charge is -2.14. The number of para-hydroxylation sites is 1. The molecule has 5 heteroatoms. The van der Waals surface area contributed by atoms with E-state index in [1.54, 1.807) is 12.1 Å². The molecule has 100 valence electrons. The lowest BCUT2D eigenvalue weighted by Crippen LogP contribution is -2.13. The average Bonchev–Trinajstić information content (AvgIpc) is 2.38. The number of aliphatic hydroxyl groups excluding tert-OH is 1. The maximum Gasteiger partial charge on any atom is 0.147 e. The van der Waals surface area contributed by atoms with E-state index in [9.17, 15) is 9.50 Å². The summed E-state index contributed by atoms with van der Waals surface area (Å²) in [5, 5.41) is 13.2. The molecule has 0 saturated heterocycles. The van der Waals surface area contributed by atoms with Crippen LogP contribution in [0.3, 0.4) is 0 Å². The molecule has 2 aromatic rings. The van der Waals surface area contributed by atoms with Gasteiger partial charge in [0.05, 0.1) is 16.8 Å². The van der Waals surface area contributed by atoms with Gasteiger partial charge in [0.2, 0.25) is 0 Å². The maximum atomic E-state index is 13.5. The predicted molar refractivity (Wildman–Crippen MR) is 79.0 cm³/mol. The maximum absolute atomic E-state index is 13.5. The van der Waals surface area contributed by atoms with Crippen molar-refractivity contribution in [1.82, 2.24) is 0 Å². The van der Waals surface area contributed by atoms with E-state index in [4.69, 9.17) is 11.6 Å². The van der Waals surface area contributed by atoms with Crippen LogP contribution >= 0.6 is 27.5 Å². The number of nitrogens with one attached hydrogen (secondary N) is 1. The van der Waals surface area contributed by atoms with Crippen LogP contribution in [0, 0.1) is 5.82 Å². The van der Waals surface area contributed by atoms with Gasteiger partial charge in [-0.15, -0.1) is 0 Å². The first-order valence-corrected chi connectivity index (χ1v) is 6.86. The first-order valence-electron chi connectivity index (χ1n) is 5.69. The van der Waals surface area contributed by atoms with Crippen molar-refractivity contribution in [2.75, 3.05) is 11.9 Å². The van der Waals surface area contributed by atoms with E-state index in [0.29, 0.717) is 5.02 Å². The fourth-order valence-corrected chi connectivity index (χ4v) is 2.34.